The largest absolute Gasteiger partial charge is 0.412 e. The lowest BCUT2D eigenvalue weighted by atomic mass is 10.1. The zero-order chi connectivity index (χ0) is 13.8. The molecular formula is C15H15NO2S. The topological polar surface area (TPSA) is 52.3 Å². The third kappa shape index (κ3) is 2.92. The van der Waals surface area contributed by atoms with Crippen LogP contribution in [0.4, 0.5) is 0 Å². The first-order valence-corrected chi connectivity index (χ1v) is 6.68. The van der Waals surface area contributed by atoms with Crippen molar-refractivity contribution in [2.75, 3.05) is 0 Å². The summed E-state index contributed by atoms with van der Waals surface area (Å²) in [5.41, 5.74) is 0.902. The summed E-state index contributed by atoms with van der Waals surface area (Å²) < 4.78 is 1.01. The van der Waals surface area contributed by atoms with E-state index in [1.165, 1.54) is 0 Å². The van der Waals surface area contributed by atoms with Crippen LogP contribution in [0.15, 0.2) is 53.6 Å². The number of hydrogen-bond donors (Lipinski definition) is 1. The SMILES string of the molecule is C=C(/C=C\Cc1sc2ccccc2c(=O)c1C)ON. The second kappa shape index (κ2) is 5.82. The minimum Gasteiger partial charge on any atom is -0.412 e. The van der Waals surface area contributed by atoms with Gasteiger partial charge < -0.3 is 4.84 Å². The van der Waals surface area contributed by atoms with Crippen LogP contribution < -0.4 is 11.3 Å². The van der Waals surface area contributed by atoms with Gasteiger partial charge in [0.2, 0.25) is 0 Å². The maximum atomic E-state index is 12.2. The molecule has 0 saturated heterocycles. The highest BCUT2D eigenvalue weighted by molar-refractivity contribution is 7.18. The number of allylic oxidation sites excluding steroid dienone is 2. The Bertz CT molecular complexity index is 701. The van der Waals surface area contributed by atoms with E-state index < -0.39 is 0 Å². The molecule has 2 aromatic rings. The van der Waals surface area contributed by atoms with Crippen molar-refractivity contribution in [1.82, 2.24) is 0 Å². The summed E-state index contributed by atoms with van der Waals surface area (Å²) in [5.74, 6) is 5.38. The van der Waals surface area contributed by atoms with Gasteiger partial charge in [0.25, 0.3) is 0 Å². The fourth-order valence-corrected chi connectivity index (χ4v) is 2.92. The van der Waals surface area contributed by atoms with Gasteiger partial charge in [0, 0.05) is 26.9 Å². The van der Waals surface area contributed by atoms with Gasteiger partial charge in [0.1, 0.15) is 5.76 Å². The minimum absolute atomic E-state index is 0.103. The zero-order valence-corrected chi connectivity index (χ0v) is 11.5. The quantitative estimate of drug-likeness (QED) is 0.529. The Kier molecular flexibility index (Phi) is 4.14. The van der Waals surface area contributed by atoms with Crippen molar-refractivity contribution in [1.29, 1.82) is 0 Å². The monoisotopic (exact) mass is 273 g/mol. The van der Waals surface area contributed by atoms with Gasteiger partial charge in [0.05, 0.1) is 0 Å². The first-order chi connectivity index (χ1) is 9.13. The Morgan fingerprint density at radius 3 is 2.95 bits per heavy atom. The highest BCUT2D eigenvalue weighted by Crippen LogP contribution is 2.22. The van der Waals surface area contributed by atoms with Crippen LogP contribution in [0.3, 0.4) is 0 Å². The van der Waals surface area contributed by atoms with Crippen molar-refractivity contribution in [3.05, 3.63) is 69.4 Å². The smallest absolute Gasteiger partial charge is 0.191 e. The summed E-state index contributed by atoms with van der Waals surface area (Å²) in [5, 5.41) is 0.785. The Hall–Kier alpha value is -1.91. The van der Waals surface area contributed by atoms with Crippen LogP contribution in [0.25, 0.3) is 10.1 Å². The Labute approximate surface area is 115 Å². The molecule has 3 nitrogen and oxygen atoms in total. The molecule has 0 fully saturated rings. The van der Waals surface area contributed by atoms with Crippen molar-refractivity contribution in [2.24, 2.45) is 5.90 Å². The lowest BCUT2D eigenvalue weighted by Crippen LogP contribution is -2.07. The number of fused-ring (bicyclic) bond motifs is 1. The van der Waals surface area contributed by atoms with E-state index in [0.29, 0.717) is 12.2 Å². The fourth-order valence-electron chi connectivity index (χ4n) is 1.81. The zero-order valence-electron chi connectivity index (χ0n) is 10.7. The summed E-state index contributed by atoms with van der Waals surface area (Å²) in [7, 11) is 0. The van der Waals surface area contributed by atoms with Gasteiger partial charge >= 0.3 is 0 Å². The molecule has 0 unspecified atom stereocenters. The number of nitrogens with two attached hydrogens (primary N) is 1. The van der Waals surface area contributed by atoms with Crippen LogP contribution in [0, 0.1) is 6.92 Å². The van der Waals surface area contributed by atoms with Gasteiger partial charge in [-0.2, -0.15) is 5.90 Å². The van der Waals surface area contributed by atoms with E-state index in [2.05, 4.69) is 11.4 Å². The molecule has 1 heterocycles. The standard InChI is InChI=1S/C15H15NO2S/c1-10(18-16)6-5-9-13-11(2)15(17)12-7-3-4-8-14(12)19-13/h3-8H,1,9,16H2,2H3/b6-5-. The lowest BCUT2D eigenvalue weighted by molar-refractivity contribution is 0.235. The molecule has 0 aliphatic heterocycles. The van der Waals surface area contributed by atoms with Gasteiger partial charge in [-0.3, -0.25) is 4.79 Å². The van der Waals surface area contributed by atoms with E-state index in [-0.39, 0.29) is 5.43 Å². The van der Waals surface area contributed by atoms with Crippen molar-refractivity contribution in [3.8, 4) is 0 Å². The normalized spacial score (nSPS) is 11.1. The average molecular weight is 273 g/mol. The van der Waals surface area contributed by atoms with E-state index >= 15 is 0 Å². The summed E-state index contributed by atoms with van der Waals surface area (Å²) >= 11 is 1.63. The van der Waals surface area contributed by atoms with Crippen molar-refractivity contribution in [2.45, 2.75) is 13.3 Å². The molecule has 0 atom stereocenters. The lowest BCUT2D eigenvalue weighted by Gasteiger charge is -2.04. The molecule has 98 valence electrons. The molecule has 19 heavy (non-hydrogen) atoms. The van der Waals surface area contributed by atoms with Crippen LogP contribution in [-0.2, 0) is 11.3 Å². The molecule has 1 aromatic carbocycles. The molecule has 2 N–H and O–H groups in total. The summed E-state index contributed by atoms with van der Waals surface area (Å²) in [6.07, 6.45) is 4.26. The molecule has 0 spiro atoms. The molecule has 2 rings (SSSR count). The Morgan fingerprint density at radius 1 is 1.47 bits per heavy atom. The number of hydrogen-bond acceptors (Lipinski definition) is 4. The third-order valence-electron chi connectivity index (χ3n) is 2.88. The molecule has 0 aliphatic carbocycles. The molecule has 0 saturated carbocycles. The average Bonchev–Trinajstić information content (AvgIpc) is 2.44. The number of rotatable bonds is 4. The van der Waals surface area contributed by atoms with Crippen molar-refractivity contribution in [3.63, 3.8) is 0 Å². The minimum atomic E-state index is 0.103. The molecule has 0 radical (unpaired) electrons. The molecule has 1 aromatic heterocycles. The number of benzene rings is 1. The second-order valence-corrected chi connectivity index (χ2v) is 5.30. The predicted molar refractivity (Wildman–Crippen MR) is 80.1 cm³/mol. The summed E-state index contributed by atoms with van der Waals surface area (Å²) in [6.45, 7) is 5.47. The Balaban J connectivity index is 2.39. The fraction of sp³-hybridized carbons (Fsp3) is 0.133. The second-order valence-electron chi connectivity index (χ2n) is 4.17. The van der Waals surface area contributed by atoms with Gasteiger partial charge in [-0.15, -0.1) is 11.3 Å². The first-order valence-electron chi connectivity index (χ1n) is 5.87. The molecule has 4 heteroatoms. The van der Waals surface area contributed by atoms with Crippen molar-refractivity contribution >= 4 is 21.4 Å². The highest BCUT2D eigenvalue weighted by atomic mass is 32.1. The van der Waals surface area contributed by atoms with Crippen LogP contribution in [0.1, 0.15) is 10.4 Å². The van der Waals surface area contributed by atoms with Gasteiger partial charge in [0.15, 0.2) is 5.43 Å². The van der Waals surface area contributed by atoms with Crippen LogP contribution in [-0.4, -0.2) is 0 Å². The van der Waals surface area contributed by atoms with Gasteiger partial charge in [-0.05, 0) is 25.1 Å². The van der Waals surface area contributed by atoms with Gasteiger partial charge in [-0.25, -0.2) is 0 Å². The summed E-state index contributed by atoms with van der Waals surface area (Å²) in [4.78, 5) is 17.7. The summed E-state index contributed by atoms with van der Waals surface area (Å²) in [6, 6.07) is 7.66. The highest BCUT2D eigenvalue weighted by Gasteiger charge is 2.07. The van der Waals surface area contributed by atoms with E-state index in [1.807, 2.05) is 37.3 Å². The van der Waals surface area contributed by atoms with E-state index in [0.717, 1.165) is 20.5 Å². The van der Waals surface area contributed by atoms with E-state index in [1.54, 1.807) is 17.4 Å². The maximum absolute atomic E-state index is 12.2. The maximum Gasteiger partial charge on any atom is 0.191 e. The van der Waals surface area contributed by atoms with Crippen LogP contribution in [0.5, 0.6) is 0 Å². The van der Waals surface area contributed by atoms with Crippen LogP contribution >= 0.6 is 11.3 Å². The van der Waals surface area contributed by atoms with Gasteiger partial charge in [-0.1, -0.05) is 24.8 Å². The molecule has 0 amide bonds. The van der Waals surface area contributed by atoms with Crippen LogP contribution in [0.2, 0.25) is 0 Å². The molecule has 0 bridgehead atoms. The van der Waals surface area contributed by atoms with E-state index in [4.69, 9.17) is 5.90 Å². The molecular weight excluding hydrogens is 258 g/mol. The Morgan fingerprint density at radius 2 is 2.21 bits per heavy atom. The van der Waals surface area contributed by atoms with E-state index in [9.17, 15) is 4.79 Å². The molecule has 0 aliphatic rings. The van der Waals surface area contributed by atoms with Crippen molar-refractivity contribution < 1.29 is 4.84 Å². The first kappa shape index (κ1) is 13.5. The third-order valence-corrected chi connectivity index (χ3v) is 4.18. The predicted octanol–water partition coefficient (Wildman–Crippen LogP) is 3.07.